The van der Waals surface area contributed by atoms with Crippen LogP contribution in [-0.2, 0) is 0 Å². The highest BCUT2D eigenvalue weighted by Gasteiger charge is 2.06. The summed E-state index contributed by atoms with van der Waals surface area (Å²) in [6.45, 7) is 0. The maximum Gasteiger partial charge on any atom is 0.248 e. The molecule has 2 aromatic heterocycles. The zero-order valence-electron chi connectivity index (χ0n) is 10.5. The maximum atomic E-state index is 11.0. The molecule has 0 radical (unpaired) electrons. The van der Waals surface area contributed by atoms with Gasteiger partial charge in [-0.15, -0.1) is 5.10 Å². The largest absolute Gasteiger partial charge is 0.366 e. The lowest BCUT2D eigenvalue weighted by Crippen LogP contribution is -2.10. The standard InChI is InChI=1S/C14H11N5O/c15-14(20)11-5-3-10(4-6-11)13-9-19(18-17-13)12-2-1-7-16-8-12/h1-9H,(H2,15,20). The van der Waals surface area contributed by atoms with Gasteiger partial charge in [0.15, 0.2) is 0 Å². The van der Waals surface area contributed by atoms with Crippen LogP contribution in [0.5, 0.6) is 0 Å². The molecule has 3 aromatic rings. The van der Waals surface area contributed by atoms with Crippen molar-refractivity contribution in [3.8, 4) is 16.9 Å². The highest BCUT2D eigenvalue weighted by atomic mass is 16.1. The predicted octanol–water partition coefficient (Wildman–Crippen LogP) is 1.43. The monoisotopic (exact) mass is 265 g/mol. The van der Waals surface area contributed by atoms with Gasteiger partial charge in [-0.2, -0.15) is 0 Å². The van der Waals surface area contributed by atoms with E-state index >= 15 is 0 Å². The second kappa shape index (κ2) is 4.93. The first kappa shape index (κ1) is 12.0. The average Bonchev–Trinajstić information content (AvgIpc) is 2.98. The first-order valence-electron chi connectivity index (χ1n) is 5.97. The maximum absolute atomic E-state index is 11.0. The Kier molecular flexibility index (Phi) is 2.96. The van der Waals surface area contributed by atoms with E-state index in [1.807, 2.05) is 12.1 Å². The molecule has 0 atom stereocenters. The molecule has 98 valence electrons. The molecule has 1 aromatic carbocycles. The van der Waals surface area contributed by atoms with Crippen LogP contribution in [-0.4, -0.2) is 25.9 Å². The zero-order chi connectivity index (χ0) is 13.9. The smallest absolute Gasteiger partial charge is 0.248 e. The minimum absolute atomic E-state index is 0.449. The van der Waals surface area contributed by atoms with Crippen LogP contribution in [0.1, 0.15) is 10.4 Å². The topological polar surface area (TPSA) is 86.7 Å². The molecule has 0 saturated carbocycles. The number of amides is 1. The molecule has 6 nitrogen and oxygen atoms in total. The molecular weight excluding hydrogens is 254 g/mol. The summed E-state index contributed by atoms with van der Waals surface area (Å²) in [5.41, 5.74) is 8.08. The van der Waals surface area contributed by atoms with Crippen LogP contribution in [0.2, 0.25) is 0 Å². The molecule has 0 unspecified atom stereocenters. The quantitative estimate of drug-likeness (QED) is 0.776. The average molecular weight is 265 g/mol. The summed E-state index contributed by atoms with van der Waals surface area (Å²) in [7, 11) is 0. The van der Waals surface area contributed by atoms with Crippen molar-refractivity contribution < 1.29 is 4.79 Å². The van der Waals surface area contributed by atoms with Gasteiger partial charge in [-0.3, -0.25) is 9.78 Å². The number of hydrogen-bond acceptors (Lipinski definition) is 4. The number of rotatable bonds is 3. The molecule has 0 aliphatic carbocycles. The van der Waals surface area contributed by atoms with Crippen LogP contribution >= 0.6 is 0 Å². The van der Waals surface area contributed by atoms with Gasteiger partial charge in [-0.1, -0.05) is 17.3 Å². The van der Waals surface area contributed by atoms with Gasteiger partial charge < -0.3 is 5.73 Å². The molecule has 0 aliphatic rings. The van der Waals surface area contributed by atoms with Crippen molar-refractivity contribution in [2.75, 3.05) is 0 Å². The second-order valence-electron chi connectivity index (χ2n) is 4.20. The van der Waals surface area contributed by atoms with Gasteiger partial charge in [-0.25, -0.2) is 4.68 Å². The SMILES string of the molecule is NC(=O)c1ccc(-c2cn(-c3cccnc3)nn2)cc1. The lowest BCUT2D eigenvalue weighted by molar-refractivity contribution is 0.100. The van der Waals surface area contributed by atoms with E-state index in [-0.39, 0.29) is 0 Å². The van der Waals surface area contributed by atoms with Crippen LogP contribution in [0.25, 0.3) is 16.9 Å². The number of nitrogens with zero attached hydrogens (tertiary/aromatic N) is 4. The highest BCUT2D eigenvalue weighted by molar-refractivity contribution is 5.93. The number of benzene rings is 1. The fourth-order valence-corrected chi connectivity index (χ4v) is 1.82. The number of primary amides is 1. The van der Waals surface area contributed by atoms with Gasteiger partial charge in [0.25, 0.3) is 0 Å². The summed E-state index contributed by atoms with van der Waals surface area (Å²) in [5, 5.41) is 8.16. The molecule has 0 bridgehead atoms. The van der Waals surface area contributed by atoms with E-state index in [1.54, 1.807) is 47.5 Å². The lowest BCUT2D eigenvalue weighted by Gasteiger charge is -1.98. The Morgan fingerprint density at radius 3 is 2.60 bits per heavy atom. The van der Waals surface area contributed by atoms with Gasteiger partial charge in [0.05, 0.1) is 18.1 Å². The minimum atomic E-state index is -0.449. The van der Waals surface area contributed by atoms with Crippen molar-refractivity contribution >= 4 is 5.91 Å². The predicted molar refractivity (Wildman–Crippen MR) is 73.1 cm³/mol. The van der Waals surface area contributed by atoms with Gasteiger partial charge in [0.1, 0.15) is 5.69 Å². The number of pyridine rings is 1. The molecule has 2 heterocycles. The van der Waals surface area contributed by atoms with E-state index in [1.165, 1.54) is 0 Å². The number of carbonyl (C=O) groups excluding carboxylic acids is 1. The number of nitrogens with two attached hydrogens (primary N) is 1. The third kappa shape index (κ3) is 2.26. The van der Waals surface area contributed by atoms with Crippen molar-refractivity contribution in [3.05, 3.63) is 60.6 Å². The van der Waals surface area contributed by atoms with Gasteiger partial charge in [0, 0.05) is 17.3 Å². The van der Waals surface area contributed by atoms with Gasteiger partial charge >= 0.3 is 0 Å². The van der Waals surface area contributed by atoms with Crippen molar-refractivity contribution in [2.45, 2.75) is 0 Å². The zero-order valence-corrected chi connectivity index (χ0v) is 10.5. The molecule has 0 saturated heterocycles. The molecule has 0 aliphatic heterocycles. The molecular formula is C14H11N5O. The Labute approximate surface area is 114 Å². The fraction of sp³-hybridized carbons (Fsp3) is 0. The summed E-state index contributed by atoms with van der Waals surface area (Å²) >= 11 is 0. The molecule has 6 heteroatoms. The molecule has 2 N–H and O–H groups in total. The Balaban J connectivity index is 1.92. The molecule has 20 heavy (non-hydrogen) atoms. The van der Waals surface area contributed by atoms with Crippen LogP contribution in [0, 0.1) is 0 Å². The third-order valence-electron chi connectivity index (χ3n) is 2.87. The van der Waals surface area contributed by atoms with Crippen molar-refractivity contribution in [2.24, 2.45) is 5.73 Å². The summed E-state index contributed by atoms with van der Waals surface area (Å²) < 4.78 is 1.64. The Morgan fingerprint density at radius 1 is 1.15 bits per heavy atom. The summed E-state index contributed by atoms with van der Waals surface area (Å²) in [4.78, 5) is 15.1. The number of carbonyl (C=O) groups is 1. The lowest BCUT2D eigenvalue weighted by atomic mass is 10.1. The molecule has 1 amide bonds. The van der Waals surface area contributed by atoms with Gasteiger partial charge in [0.2, 0.25) is 5.91 Å². The normalized spacial score (nSPS) is 10.4. The Bertz CT molecular complexity index is 734. The van der Waals surface area contributed by atoms with Crippen molar-refractivity contribution in [1.29, 1.82) is 0 Å². The van der Waals surface area contributed by atoms with Crippen molar-refractivity contribution in [3.63, 3.8) is 0 Å². The summed E-state index contributed by atoms with van der Waals surface area (Å²) in [6.07, 6.45) is 5.20. The minimum Gasteiger partial charge on any atom is -0.366 e. The summed E-state index contributed by atoms with van der Waals surface area (Å²) in [6, 6.07) is 10.6. The van der Waals surface area contributed by atoms with Crippen LogP contribution in [0.15, 0.2) is 55.0 Å². The van der Waals surface area contributed by atoms with E-state index in [2.05, 4.69) is 15.3 Å². The van der Waals surface area contributed by atoms with Crippen molar-refractivity contribution in [1.82, 2.24) is 20.0 Å². The van der Waals surface area contributed by atoms with E-state index in [4.69, 9.17) is 5.73 Å². The fourth-order valence-electron chi connectivity index (χ4n) is 1.82. The van der Waals surface area contributed by atoms with Crippen LogP contribution in [0.3, 0.4) is 0 Å². The van der Waals surface area contributed by atoms with E-state index < -0.39 is 5.91 Å². The Morgan fingerprint density at radius 2 is 1.95 bits per heavy atom. The molecule has 0 spiro atoms. The van der Waals surface area contributed by atoms with Crippen LogP contribution < -0.4 is 5.73 Å². The first-order chi connectivity index (χ1) is 9.74. The van der Waals surface area contributed by atoms with Gasteiger partial charge in [-0.05, 0) is 24.3 Å². The van der Waals surface area contributed by atoms with Crippen LogP contribution in [0.4, 0.5) is 0 Å². The highest BCUT2D eigenvalue weighted by Crippen LogP contribution is 2.18. The summed E-state index contributed by atoms with van der Waals surface area (Å²) in [5.74, 6) is -0.449. The van der Waals surface area contributed by atoms with E-state index in [0.717, 1.165) is 11.3 Å². The first-order valence-corrected chi connectivity index (χ1v) is 5.97. The number of hydrogen-bond donors (Lipinski definition) is 1. The molecule has 0 fully saturated rings. The van der Waals surface area contributed by atoms with E-state index in [9.17, 15) is 4.79 Å². The third-order valence-corrected chi connectivity index (χ3v) is 2.87. The second-order valence-corrected chi connectivity index (χ2v) is 4.20. The number of aromatic nitrogens is 4. The molecule has 3 rings (SSSR count). The Hall–Kier alpha value is -3.02. The van der Waals surface area contributed by atoms with E-state index in [0.29, 0.717) is 11.3 Å².